The van der Waals surface area contributed by atoms with Crippen LogP contribution >= 0.6 is 11.3 Å². The quantitative estimate of drug-likeness (QED) is 0.784. The van der Waals surface area contributed by atoms with E-state index in [1.165, 1.54) is 18.1 Å². The third-order valence-electron chi connectivity index (χ3n) is 3.23. The first-order valence-corrected chi connectivity index (χ1v) is 8.04. The van der Waals surface area contributed by atoms with Crippen LogP contribution in [0.5, 0.6) is 5.75 Å². The summed E-state index contributed by atoms with van der Waals surface area (Å²) >= 11 is 1.56. The van der Waals surface area contributed by atoms with Crippen molar-refractivity contribution in [2.75, 3.05) is 13.7 Å². The molecule has 0 amide bonds. The zero-order chi connectivity index (χ0) is 15.2. The van der Waals surface area contributed by atoms with E-state index in [0.717, 1.165) is 36.6 Å². The molecule has 0 unspecified atom stereocenters. The molecule has 5 heteroatoms. The predicted octanol–water partition coefficient (Wildman–Crippen LogP) is 4.02. The Bertz CT molecular complexity index is 598. The molecule has 1 aromatic heterocycles. The molecule has 0 aliphatic carbocycles. The van der Waals surface area contributed by atoms with Crippen molar-refractivity contribution in [3.8, 4) is 16.3 Å². The number of nitrogens with one attached hydrogen (secondary N) is 1. The van der Waals surface area contributed by atoms with Crippen LogP contribution < -0.4 is 10.1 Å². The van der Waals surface area contributed by atoms with E-state index in [1.807, 2.05) is 0 Å². The number of methoxy groups -OCH3 is 1. The number of hydrogen-bond acceptors (Lipinski definition) is 4. The maximum atomic E-state index is 14.1. The molecule has 114 valence electrons. The molecule has 0 radical (unpaired) electrons. The number of nitrogens with zero attached hydrogens (tertiary/aromatic N) is 1. The Morgan fingerprint density at radius 2 is 2.14 bits per heavy atom. The molecule has 0 aliphatic rings. The van der Waals surface area contributed by atoms with Crippen molar-refractivity contribution in [3.05, 3.63) is 34.6 Å². The lowest BCUT2D eigenvalue weighted by atomic mass is 10.2. The van der Waals surface area contributed by atoms with Crippen molar-refractivity contribution in [2.24, 2.45) is 0 Å². The number of benzene rings is 1. The number of aromatic nitrogens is 1. The van der Waals surface area contributed by atoms with Crippen LogP contribution in [0, 0.1) is 5.82 Å². The molecule has 21 heavy (non-hydrogen) atoms. The normalized spacial score (nSPS) is 10.9. The summed E-state index contributed by atoms with van der Waals surface area (Å²) in [6.07, 6.45) is 1.96. The molecule has 2 rings (SSSR count). The Morgan fingerprint density at radius 3 is 2.76 bits per heavy atom. The number of thiazole rings is 1. The number of aryl methyl sites for hydroxylation is 1. The van der Waals surface area contributed by atoms with Gasteiger partial charge in [-0.05, 0) is 31.5 Å². The fourth-order valence-electron chi connectivity index (χ4n) is 2.09. The van der Waals surface area contributed by atoms with Crippen LogP contribution in [0.2, 0.25) is 0 Å². The molecule has 1 heterocycles. The Kier molecular flexibility index (Phi) is 5.70. The molecule has 3 nitrogen and oxygen atoms in total. The smallest absolute Gasteiger partial charge is 0.137 e. The van der Waals surface area contributed by atoms with Gasteiger partial charge in [-0.3, -0.25) is 0 Å². The van der Waals surface area contributed by atoms with Crippen LogP contribution in [0.3, 0.4) is 0 Å². The van der Waals surface area contributed by atoms with E-state index in [2.05, 4.69) is 24.1 Å². The SMILES string of the molecule is CCCNCc1sc(-c2ccc(OC)cc2F)nc1CC. The third-order valence-corrected chi connectivity index (χ3v) is 4.36. The molecule has 0 atom stereocenters. The lowest BCUT2D eigenvalue weighted by Gasteiger charge is -2.02. The molecule has 0 bridgehead atoms. The number of rotatable bonds is 7. The summed E-state index contributed by atoms with van der Waals surface area (Å²) in [5, 5.41) is 4.12. The van der Waals surface area contributed by atoms with E-state index in [9.17, 15) is 4.39 Å². The first-order valence-electron chi connectivity index (χ1n) is 7.22. The molecule has 0 spiro atoms. The highest BCUT2D eigenvalue weighted by Gasteiger charge is 2.14. The van der Waals surface area contributed by atoms with Crippen LogP contribution in [0.25, 0.3) is 10.6 Å². The summed E-state index contributed by atoms with van der Waals surface area (Å²) in [6.45, 7) is 5.99. The summed E-state index contributed by atoms with van der Waals surface area (Å²) in [7, 11) is 1.53. The fraction of sp³-hybridized carbons (Fsp3) is 0.438. The standard InChI is InChI=1S/C16H21FN2OS/c1-4-8-18-10-15-14(5-2)19-16(21-15)12-7-6-11(20-3)9-13(12)17/h6-7,9,18H,4-5,8,10H2,1-3H3. The van der Waals surface area contributed by atoms with Crippen LogP contribution in [0.1, 0.15) is 30.8 Å². The van der Waals surface area contributed by atoms with Gasteiger partial charge in [0.25, 0.3) is 0 Å². The first-order chi connectivity index (χ1) is 10.2. The van der Waals surface area contributed by atoms with Gasteiger partial charge in [-0.1, -0.05) is 13.8 Å². The van der Waals surface area contributed by atoms with E-state index in [1.54, 1.807) is 23.5 Å². The molecule has 1 N–H and O–H groups in total. The average Bonchev–Trinajstić information content (AvgIpc) is 2.90. The lowest BCUT2D eigenvalue weighted by Crippen LogP contribution is -2.13. The van der Waals surface area contributed by atoms with Crippen molar-refractivity contribution in [3.63, 3.8) is 0 Å². The van der Waals surface area contributed by atoms with Crippen molar-refractivity contribution in [1.82, 2.24) is 10.3 Å². The maximum absolute atomic E-state index is 14.1. The van der Waals surface area contributed by atoms with Gasteiger partial charge >= 0.3 is 0 Å². The second kappa shape index (κ2) is 7.52. The van der Waals surface area contributed by atoms with Gasteiger partial charge in [-0.2, -0.15) is 0 Å². The van der Waals surface area contributed by atoms with Crippen LogP contribution in [0.15, 0.2) is 18.2 Å². The van der Waals surface area contributed by atoms with Gasteiger partial charge in [0.2, 0.25) is 0 Å². The molecule has 0 saturated heterocycles. The van der Waals surface area contributed by atoms with E-state index in [0.29, 0.717) is 11.3 Å². The Labute approximate surface area is 129 Å². The summed E-state index contributed by atoms with van der Waals surface area (Å²) in [5.41, 5.74) is 1.59. The summed E-state index contributed by atoms with van der Waals surface area (Å²) in [6, 6.07) is 4.90. The summed E-state index contributed by atoms with van der Waals surface area (Å²) in [4.78, 5) is 5.78. The van der Waals surface area contributed by atoms with Crippen molar-refractivity contribution >= 4 is 11.3 Å². The average molecular weight is 308 g/mol. The van der Waals surface area contributed by atoms with Gasteiger partial charge in [-0.15, -0.1) is 11.3 Å². The van der Waals surface area contributed by atoms with Crippen LogP contribution in [-0.2, 0) is 13.0 Å². The van der Waals surface area contributed by atoms with E-state index in [-0.39, 0.29) is 5.82 Å². The predicted molar refractivity (Wildman–Crippen MR) is 85.4 cm³/mol. The van der Waals surface area contributed by atoms with E-state index >= 15 is 0 Å². The second-order valence-corrected chi connectivity index (χ2v) is 5.85. The molecular weight excluding hydrogens is 287 g/mol. The van der Waals surface area contributed by atoms with Gasteiger partial charge in [0.1, 0.15) is 16.6 Å². The topological polar surface area (TPSA) is 34.1 Å². The van der Waals surface area contributed by atoms with Crippen LogP contribution in [0.4, 0.5) is 4.39 Å². The van der Waals surface area contributed by atoms with Crippen molar-refractivity contribution in [1.29, 1.82) is 0 Å². The zero-order valence-electron chi connectivity index (χ0n) is 12.7. The maximum Gasteiger partial charge on any atom is 0.137 e. The van der Waals surface area contributed by atoms with Crippen molar-refractivity contribution in [2.45, 2.75) is 33.2 Å². The molecule has 2 aromatic rings. The van der Waals surface area contributed by atoms with Gasteiger partial charge in [0, 0.05) is 23.1 Å². The molecule has 1 aromatic carbocycles. The van der Waals surface area contributed by atoms with E-state index in [4.69, 9.17) is 4.74 Å². The van der Waals surface area contributed by atoms with Gasteiger partial charge < -0.3 is 10.1 Å². The fourth-order valence-corrected chi connectivity index (χ4v) is 3.23. The van der Waals surface area contributed by atoms with Crippen molar-refractivity contribution < 1.29 is 9.13 Å². The Balaban J connectivity index is 2.27. The zero-order valence-corrected chi connectivity index (χ0v) is 13.5. The second-order valence-electron chi connectivity index (χ2n) is 4.76. The Morgan fingerprint density at radius 1 is 1.33 bits per heavy atom. The molecular formula is C16H21FN2OS. The highest BCUT2D eigenvalue weighted by Crippen LogP contribution is 2.32. The monoisotopic (exact) mass is 308 g/mol. The third kappa shape index (κ3) is 3.80. The number of halogens is 1. The summed E-state index contributed by atoms with van der Waals surface area (Å²) in [5.74, 6) is 0.229. The number of ether oxygens (including phenoxy) is 1. The minimum atomic E-state index is -0.293. The van der Waals surface area contributed by atoms with E-state index < -0.39 is 0 Å². The Hall–Kier alpha value is -1.46. The van der Waals surface area contributed by atoms with Gasteiger partial charge in [0.15, 0.2) is 0 Å². The lowest BCUT2D eigenvalue weighted by molar-refractivity contribution is 0.411. The van der Waals surface area contributed by atoms with Crippen LogP contribution in [-0.4, -0.2) is 18.6 Å². The highest BCUT2D eigenvalue weighted by molar-refractivity contribution is 7.15. The largest absolute Gasteiger partial charge is 0.497 e. The minimum Gasteiger partial charge on any atom is -0.497 e. The molecule has 0 fully saturated rings. The highest BCUT2D eigenvalue weighted by atomic mass is 32.1. The van der Waals surface area contributed by atoms with Gasteiger partial charge in [0.05, 0.1) is 12.8 Å². The number of hydrogen-bond donors (Lipinski definition) is 1. The minimum absolute atomic E-state index is 0.293. The molecule has 0 saturated carbocycles. The van der Waals surface area contributed by atoms with Gasteiger partial charge in [-0.25, -0.2) is 9.37 Å². The first kappa shape index (κ1) is 15.9. The molecule has 0 aliphatic heterocycles. The summed E-state index contributed by atoms with van der Waals surface area (Å²) < 4.78 is 19.2.